The van der Waals surface area contributed by atoms with Crippen LogP contribution in [0.5, 0.6) is 0 Å². The predicted molar refractivity (Wildman–Crippen MR) is 136 cm³/mol. The lowest BCUT2D eigenvalue weighted by Crippen LogP contribution is -2.43. The molecule has 3 aromatic carbocycles. The van der Waals surface area contributed by atoms with E-state index >= 15 is 0 Å². The number of alkyl halides is 2. The fraction of sp³-hybridized carbons (Fsp3) is 0.276. The molecule has 1 aliphatic heterocycles. The molecule has 1 saturated heterocycles. The second kappa shape index (κ2) is 9.63. The van der Waals surface area contributed by atoms with Gasteiger partial charge < -0.3 is 10.2 Å². The van der Waals surface area contributed by atoms with E-state index in [1.54, 1.807) is 41.2 Å². The van der Waals surface area contributed by atoms with Crippen LogP contribution in [0.1, 0.15) is 30.9 Å². The van der Waals surface area contributed by atoms with Crippen molar-refractivity contribution in [3.8, 4) is 5.69 Å². The van der Waals surface area contributed by atoms with E-state index in [4.69, 9.17) is 0 Å². The maximum absolute atomic E-state index is 13.8. The number of nitrogens with zero attached hydrogens (tertiary/aromatic N) is 3. The minimum Gasteiger partial charge on any atom is -0.350 e. The van der Waals surface area contributed by atoms with Crippen LogP contribution in [0.25, 0.3) is 16.6 Å². The van der Waals surface area contributed by atoms with E-state index in [1.165, 1.54) is 17.0 Å². The van der Waals surface area contributed by atoms with Crippen molar-refractivity contribution in [1.82, 2.24) is 15.1 Å². The van der Waals surface area contributed by atoms with Crippen molar-refractivity contribution in [2.24, 2.45) is 11.8 Å². The highest BCUT2D eigenvalue weighted by atomic mass is 19.3. The Bertz CT molecular complexity index is 1490. The lowest BCUT2D eigenvalue weighted by atomic mass is 9.91. The molecule has 2 fully saturated rings. The molecule has 0 radical (unpaired) electrons. The van der Waals surface area contributed by atoms with Crippen molar-refractivity contribution in [3.63, 3.8) is 0 Å². The number of hydrogen-bond acceptors (Lipinski definition) is 3. The number of amides is 2. The third kappa shape index (κ3) is 4.42. The summed E-state index contributed by atoms with van der Waals surface area (Å²) in [6.45, 7) is 0. The number of aromatic nitrogens is 2. The normalized spacial score (nSPS) is 21.4. The lowest BCUT2D eigenvalue weighted by molar-refractivity contribution is -0.124. The third-order valence-corrected chi connectivity index (χ3v) is 7.34. The van der Waals surface area contributed by atoms with Gasteiger partial charge >= 0.3 is 0 Å². The zero-order chi connectivity index (χ0) is 26.4. The van der Waals surface area contributed by atoms with E-state index in [9.17, 15) is 22.8 Å². The van der Waals surface area contributed by atoms with Gasteiger partial charge in [-0.05, 0) is 60.9 Å². The molecule has 2 amide bonds. The Hall–Kier alpha value is -4.14. The Labute approximate surface area is 217 Å². The number of anilines is 1. The zero-order valence-corrected chi connectivity index (χ0v) is 20.3. The molecule has 0 spiro atoms. The molecule has 0 bridgehead atoms. The largest absolute Gasteiger partial charge is 0.350 e. The standard InChI is InChI=1S/C29H25F3N4O2/c30-20-8-10-21(11-9-20)36-24-13-12-22(14-19(24)16-33-36)35-27(17-4-2-1-3-5-17)26(34-28(37)18-6-7-18)23(29(35)38)15-25(31)32/h1-5,8-14,16,18,23,25-27H,6-7,15H2,(H,34,37)/t23-,26+,27-/m1/s1. The molecule has 1 N–H and O–H groups in total. The summed E-state index contributed by atoms with van der Waals surface area (Å²) in [4.78, 5) is 28.1. The summed E-state index contributed by atoms with van der Waals surface area (Å²) < 4.78 is 42.4. The Morgan fingerprint density at radius 1 is 1.00 bits per heavy atom. The van der Waals surface area contributed by atoms with Gasteiger partial charge in [0.1, 0.15) is 5.82 Å². The van der Waals surface area contributed by atoms with Gasteiger partial charge in [0, 0.05) is 23.4 Å². The number of fused-ring (bicyclic) bond motifs is 1. The van der Waals surface area contributed by atoms with Crippen molar-refractivity contribution in [2.45, 2.75) is 37.8 Å². The van der Waals surface area contributed by atoms with Gasteiger partial charge in [-0.25, -0.2) is 17.9 Å². The third-order valence-electron chi connectivity index (χ3n) is 7.34. The molecular formula is C29H25F3N4O2. The molecule has 194 valence electrons. The van der Waals surface area contributed by atoms with Crippen molar-refractivity contribution < 1.29 is 22.8 Å². The highest BCUT2D eigenvalue weighted by Crippen LogP contribution is 2.43. The van der Waals surface area contributed by atoms with Crippen molar-refractivity contribution in [1.29, 1.82) is 0 Å². The molecule has 2 aliphatic rings. The maximum Gasteiger partial charge on any atom is 0.239 e. The smallest absolute Gasteiger partial charge is 0.239 e. The summed E-state index contributed by atoms with van der Waals surface area (Å²) in [5, 5.41) is 8.11. The van der Waals surface area contributed by atoms with Crippen LogP contribution in [0.2, 0.25) is 0 Å². The zero-order valence-electron chi connectivity index (χ0n) is 20.3. The Morgan fingerprint density at radius 3 is 2.39 bits per heavy atom. The molecule has 1 aromatic heterocycles. The molecule has 1 saturated carbocycles. The molecule has 38 heavy (non-hydrogen) atoms. The number of benzene rings is 3. The van der Waals surface area contributed by atoms with Gasteiger partial charge in [0.2, 0.25) is 18.2 Å². The highest BCUT2D eigenvalue weighted by Gasteiger charge is 2.51. The number of halogens is 3. The van der Waals surface area contributed by atoms with E-state index < -0.39 is 36.8 Å². The molecular weight excluding hydrogens is 493 g/mol. The van der Waals surface area contributed by atoms with Crippen LogP contribution in [-0.2, 0) is 9.59 Å². The molecule has 3 atom stereocenters. The molecule has 9 heteroatoms. The average Bonchev–Trinajstić information content (AvgIpc) is 3.64. The van der Waals surface area contributed by atoms with Crippen LogP contribution in [-0.4, -0.2) is 34.1 Å². The quantitative estimate of drug-likeness (QED) is 0.355. The van der Waals surface area contributed by atoms with Gasteiger partial charge in [-0.2, -0.15) is 5.10 Å². The molecule has 6 rings (SSSR count). The van der Waals surface area contributed by atoms with Gasteiger partial charge in [-0.15, -0.1) is 0 Å². The SMILES string of the molecule is O=C(N[C@@H]1[C@@H](c2ccccc2)N(c2ccc3c(cnn3-c3ccc(F)cc3)c2)C(=O)[C@@H]1CC(F)F)C1CC1. The molecule has 4 aromatic rings. The Morgan fingerprint density at radius 2 is 1.71 bits per heavy atom. The van der Waals surface area contributed by atoms with Gasteiger partial charge in [0.05, 0.1) is 35.4 Å². The number of hydrogen-bond donors (Lipinski definition) is 1. The Balaban J connectivity index is 1.43. The van der Waals surface area contributed by atoms with E-state index in [-0.39, 0.29) is 17.6 Å². The summed E-state index contributed by atoms with van der Waals surface area (Å²) >= 11 is 0. The van der Waals surface area contributed by atoms with Crippen molar-refractivity contribution in [2.75, 3.05) is 4.90 Å². The first-order valence-corrected chi connectivity index (χ1v) is 12.6. The average molecular weight is 519 g/mol. The summed E-state index contributed by atoms with van der Waals surface area (Å²) in [7, 11) is 0. The second-order valence-electron chi connectivity index (χ2n) is 9.88. The minimum atomic E-state index is -2.70. The number of rotatable bonds is 7. The summed E-state index contributed by atoms with van der Waals surface area (Å²) in [6, 6.07) is 19.0. The topological polar surface area (TPSA) is 67.2 Å². The van der Waals surface area contributed by atoms with Crippen molar-refractivity contribution in [3.05, 3.63) is 90.4 Å². The van der Waals surface area contributed by atoms with Crippen LogP contribution in [0.15, 0.2) is 79.0 Å². The van der Waals surface area contributed by atoms with E-state index in [1.807, 2.05) is 30.3 Å². The van der Waals surface area contributed by atoms with Crippen LogP contribution < -0.4 is 10.2 Å². The number of nitrogens with one attached hydrogen (secondary N) is 1. The van der Waals surface area contributed by atoms with Gasteiger partial charge in [-0.1, -0.05) is 30.3 Å². The van der Waals surface area contributed by atoms with Crippen molar-refractivity contribution >= 4 is 28.4 Å². The van der Waals surface area contributed by atoms with Crippen LogP contribution in [0, 0.1) is 17.7 Å². The maximum atomic E-state index is 13.8. The number of carbonyl (C=O) groups excluding carboxylic acids is 2. The van der Waals surface area contributed by atoms with E-state index in [0.717, 1.165) is 29.3 Å². The van der Waals surface area contributed by atoms with Gasteiger partial charge in [0.15, 0.2) is 0 Å². The van der Waals surface area contributed by atoms with Gasteiger partial charge in [-0.3, -0.25) is 9.59 Å². The van der Waals surface area contributed by atoms with E-state index in [0.29, 0.717) is 11.4 Å². The van der Waals surface area contributed by atoms with Gasteiger partial charge in [0.25, 0.3) is 0 Å². The molecule has 2 heterocycles. The highest BCUT2D eigenvalue weighted by molar-refractivity contribution is 6.01. The first-order chi connectivity index (χ1) is 18.4. The monoisotopic (exact) mass is 518 g/mol. The number of carbonyl (C=O) groups is 2. The minimum absolute atomic E-state index is 0.128. The molecule has 6 nitrogen and oxygen atoms in total. The fourth-order valence-corrected chi connectivity index (χ4v) is 5.35. The lowest BCUT2D eigenvalue weighted by Gasteiger charge is -2.29. The summed E-state index contributed by atoms with van der Waals surface area (Å²) in [5.74, 6) is -2.20. The first kappa shape index (κ1) is 24.2. The molecule has 1 aliphatic carbocycles. The summed E-state index contributed by atoms with van der Waals surface area (Å²) in [5.41, 5.74) is 2.69. The van der Waals surface area contributed by atoms with Crippen LogP contribution >= 0.6 is 0 Å². The van der Waals surface area contributed by atoms with Crippen LogP contribution in [0.4, 0.5) is 18.9 Å². The summed E-state index contributed by atoms with van der Waals surface area (Å²) in [6.07, 6.45) is -0.166. The van der Waals surface area contributed by atoms with Crippen LogP contribution in [0.3, 0.4) is 0 Å². The Kier molecular flexibility index (Phi) is 6.13. The predicted octanol–water partition coefficient (Wildman–Crippen LogP) is 5.42. The first-order valence-electron chi connectivity index (χ1n) is 12.6. The second-order valence-corrected chi connectivity index (χ2v) is 9.88. The van der Waals surface area contributed by atoms with E-state index in [2.05, 4.69) is 10.4 Å². The fourth-order valence-electron chi connectivity index (χ4n) is 5.35. The molecule has 0 unspecified atom stereocenters.